The minimum Gasteiger partial charge on any atom is -0.490 e. The van der Waals surface area contributed by atoms with Crippen molar-refractivity contribution in [3.05, 3.63) is 23.8 Å². The molecule has 1 rings (SSSR count). The summed E-state index contributed by atoms with van der Waals surface area (Å²) in [4.78, 5) is 2.41. The summed E-state index contributed by atoms with van der Waals surface area (Å²) in [6.45, 7) is 12.5. The number of nitrogens with two attached hydrogens (primary N) is 1. The SMILES string of the molecule is Cc1cccc(N)c1OCCN(C(C)C)C(C)C. The van der Waals surface area contributed by atoms with Gasteiger partial charge in [0.05, 0.1) is 5.69 Å². The molecule has 1 aromatic rings. The Bertz CT molecular complexity index is 347. The Morgan fingerprint density at radius 3 is 2.28 bits per heavy atom. The Kier molecular flexibility index (Phi) is 5.48. The highest BCUT2D eigenvalue weighted by Gasteiger charge is 2.13. The van der Waals surface area contributed by atoms with Crippen LogP contribution < -0.4 is 10.5 Å². The number of para-hydroxylation sites is 1. The van der Waals surface area contributed by atoms with Gasteiger partial charge in [0.15, 0.2) is 0 Å². The summed E-state index contributed by atoms with van der Waals surface area (Å²) in [5, 5.41) is 0. The van der Waals surface area contributed by atoms with Gasteiger partial charge >= 0.3 is 0 Å². The molecule has 0 fully saturated rings. The Hall–Kier alpha value is -1.22. The molecule has 0 radical (unpaired) electrons. The fourth-order valence-electron chi connectivity index (χ4n) is 2.24. The van der Waals surface area contributed by atoms with Gasteiger partial charge in [0.1, 0.15) is 12.4 Å². The van der Waals surface area contributed by atoms with Gasteiger partial charge in [0.2, 0.25) is 0 Å². The van der Waals surface area contributed by atoms with Crippen LogP contribution in [0.1, 0.15) is 33.3 Å². The van der Waals surface area contributed by atoms with E-state index in [1.165, 1.54) is 0 Å². The minimum absolute atomic E-state index is 0.530. The largest absolute Gasteiger partial charge is 0.490 e. The zero-order valence-corrected chi connectivity index (χ0v) is 12.2. The van der Waals surface area contributed by atoms with E-state index in [9.17, 15) is 0 Å². The average molecular weight is 250 g/mol. The topological polar surface area (TPSA) is 38.5 Å². The number of rotatable bonds is 6. The van der Waals surface area contributed by atoms with Gasteiger partial charge in [-0.3, -0.25) is 4.90 Å². The third kappa shape index (κ3) is 3.91. The van der Waals surface area contributed by atoms with Gasteiger partial charge in [0.25, 0.3) is 0 Å². The van der Waals surface area contributed by atoms with E-state index in [1.807, 2.05) is 25.1 Å². The lowest BCUT2D eigenvalue weighted by Gasteiger charge is -2.30. The van der Waals surface area contributed by atoms with Crippen molar-refractivity contribution in [2.45, 2.75) is 46.7 Å². The van der Waals surface area contributed by atoms with Crippen LogP contribution in [0.4, 0.5) is 5.69 Å². The van der Waals surface area contributed by atoms with E-state index in [1.54, 1.807) is 0 Å². The molecule has 0 aliphatic rings. The highest BCUT2D eigenvalue weighted by molar-refractivity contribution is 5.56. The maximum atomic E-state index is 5.92. The molecule has 0 amide bonds. The van der Waals surface area contributed by atoms with E-state index in [-0.39, 0.29) is 0 Å². The molecule has 3 heteroatoms. The number of nitrogen functional groups attached to an aromatic ring is 1. The Balaban J connectivity index is 2.55. The van der Waals surface area contributed by atoms with Crippen LogP contribution in [0, 0.1) is 6.92 Å². The Morgan fingerprint density at radius 1 is 1.17 bits per heavy atom. The van der Waals surface area contributed by atoms with E-state index in [0.29, 0.717) is 18.7 Å². The highest BCUT2D eigenvalue weighted by Crippen LogP contribution is 2.25. The second kappa shape index (κ2) is 6.64. The number of nitrogens with zero attached hydrogens (tertiary/aromatic N) is 1. The molecule has 0 aliphatic heterocycles. The van der Waals surface area contributed by atoms with Gasteiger partial charge in [-0.1, -0.05) is 12.1 Å². The van der Waals surface area contributed by atoms with Crippen LogP contribution in [0.25, 0.3) is 0 Å². The summed E-state index contributed by atoms with van der Waals surface area (Å²) in [7, 11) is 0. The Labute approximate surface area is 111 Å². The van der Waals surface area contributed by atoms with Crippen molar-refractivity contribution in [2.75, 3.05) is 18.9 Å². The number of benzene rings is 1. The second-order valence-corrected chi connectivity index (χ2v) is 5.27. The first-order valence-electron chi connectivity index (χ1n) is 6.67. The highest BCUT2D eigenvalue weighted by atomic mass is 16.5. The van der Waals surface area contributed by atoms with Crippen molar-refractivity contribution in [1.29, 1.82) is 0 Å². The van der Waals surface area contributed by atoms with Crippen molar-refractivity contribution in [3.63, 3.8) is 0 Å². The van der Waals surface area contributed by atoms with Gasteiger partial charge < -0.3 is 10.5 Å². The maximum absolute atomic E-state index is 5.92. The van der Waals surface area contributed by atoms with Crippen LogP contribution in [0.2, 0.25) is 0 Å². The molecular formula is C15H26N2O. The molecule has 3 nitrogen and oxygen atoms in total. The monoisotopic (exact) mass is 250 g/mol. The van der Waals surface area contributed by atoms with Crippen LogP contribution >= 0.6 is 0 Å². The zero-order chi connectivity index (χ0) is 13.7. The van der Waals surface area contributed by atoms with Crippen LogP contribution in [0.5, 0.6) is 5.75 Å². The molecule has 18 heavy (non-hydrogen) atoms. The number of aryl methyl sites for hydroxylation is 1. The van der Waals surface area contributed by atoms with Crippen molar-refractivity contribution in [3.8, 4) is 5.75 Å². The van der Waals surface area contributed by atoms with Crippen molar-refractivity contribution in [2.24, 2.45) is 0 Å². The second-order valence-electron chi connectivity index (χ2n) is 5.27. The van der Waals surface area contributed by atoms with Crippen LogP contribution in [-0.4, -0.2) is 30.1 Å². The van der Waals surface area contributed by atoms with Gasteiger partial charge in [-0.25, -0.2) is 0 Å². The first kappa shape index (κ1) is 14.8. The van der Waals surface area contributed by atoms with Gasteiger partial charge in [-0.15, -0.1) is 0 Å². The summed E-state index contributed by atoms with van der Waals surface area (Å²) in [5.41, 5.74) is 7.73. The summed E-state index contributed by atoms with van der Waals surface area (Å²) in [6.07, 6.45) is 0. The normalized spacial score (nSPS) is 11.6. The van der Waals surface area contributed by atoms with E-state index >= 15 is 0 Å². The first-order valence-corrected chi connectivity index (χ1v) is 6.67. The number of ether oxygens (including phenoxy) is 1. The lowest BCUT2D eigenvalue weighted by atomic mass is 10.2. The Morgan fingerprint density at radius 2 is 1.78 bits per heavy atom. The number of hydrogen-bond donors (Lipinski definition) is 1. The summed E-state index contributed by atoms with van der Waals surface area (Å²) >= 11 is 0. The molecule has 102 valence electrons. The van der Waals surface area contributed by atoms with E-state index in [0.717, 1.165) is 23.5 Å². The maximum Gasteiger partial charge on any atom is 0.145 e. The molecule has 0 bridgehead atoms. The van der Waals surface area contributed by atoms with Gasteiger partial charge in [-0.2, -0.15) is 0 Å². The lowest BCUT2D eigenvalue weighted by molar-refractivity contribution is 0.142. The molecule has 0 saturated carbocycles. The molecule has 0 spiro atoms. The van der Waals surface area contributed by atoms with Crippen molar-refractivity contribution in [1.82, 2.24) is 4.90 Å². The molecule has 0 heterocycles. The lowest BCUT2D eigenvalue weighted by Crippen LogP contribution is -2.39. The third-order valence-corrected chi connectivity index (χ3v) is 3.16. The number of anilines is 1. The third-order valence-electron chi connectivity index (χ3n) is 3.16. The summed E-state index contributed by atoms with van der Waals surface area (Å²) < 4.78 is 5.83. The average Bonchev–Trinajstić information content (AvgIpc) is 2.26. The molecule has 0 saturated heterocycles. The number of hydrogen-bond acceptors (Lipinski definition) is 3. The predicted molar refractivity (Wildman–Crippen MR) is 78.1 cm³/mol. The molecule has 0 unspecified atom stereocenters. The molecule has 1 aromatic carbocycles. The van der Waals surface area contributed by atoms with E-state index < -0.39 is 0 Å². The molecular weight excluding hydrogens is 224 g/mol. The summed E-state index contributed by atoms with van der Waals surface area (Å²) in [6, 6.07) is 6.91. The quantitative estimate of drug-likeness (QED) is 0.789. The van der Waals surface area contributed by atoms with E-state index in [4.69, 9.17) is 10.5 Å². The van der Waals surface area contributed by atoms with Crippen molar-refractivity contribution >= 4 is 5.69 Å². The molecule has 0 atom stereocenters. The zero-order valence-electron chi connectivity index (χ0n) is 12.2. The minimum atomic E-state index is 0.530. The standard InChI is InChI=1S/C15H26N2O/c1-11(2)17(12(3)4)9-10-18-15-13(5)7-6-8-14(15)16/h6-8,11-12H,9-10,16H2,1-5H3. The molecule has 0 aliphatic carbocycles. The molecule has 2 N–H and O–H groups in total. The smallest absolute Gasteiger partial charge is 0.145 e. The predicted octanol–water partition coefficient (Wildman–Crippen LogP) is 3.07. The van der Waals surface area contributed by atoms with Crippen LogP contribution in [0.15, 0.2) is 18.2 Å². The fraction of sp³-hybridized carbons (Fsp3) is 0.600. The summed E-state index contributed by atoms with van der Waals surface area (Å²) in [5.74, 6) is 0.824. The molecule has 0 aromatic heterocycles. The van der Waals surface area contributed by atoms with Crippen LogP contribution in [0.3, 0.4) is 0 Å². The first-order chi connectivity index (χ1) is 8.43. The van der Waals surface area contributed by atoms with E-state index in [2.05, 4.69) is 32.6 Å². The van der Waals surface area contributed by atoms with Gasteiger partial charge in [-0.05, 0) is 46.2 Å². The van der Waals surface area contributed by atoms with Crippen molar-refractivity contribution < 1.29 is 4.74 Å². The van der Waals surface area contributed by atoms with Gasteiger partial charge in [0, 0.05) is 18.6 Å². The van der Waals surface area contributed by atoms with Crippen LogP contribution in [-0.2, 0) is 0 Å². The fourth-order valence-corrected chi connectivity index (χ4v) is 2.24.